The molecular formula is C20H33N3O5. The maximum absolute atomic E-state index is 13.3. The predicted octanol–water partition coefficient (Wildman–Crippen LogP) is 0.186. The third-order valence-corrected chi connectivity index (χ3v) is 6.88. The van der Waals surface area contributed by atoms with E-state index in [1.54, 1.807) is 7.05 Å². The number of amides is 3. The number of hydrogen-bond acceptors (Lipinski definition) is 5. The first kappa shape index (κ1) is 21.0. The zero-order valence-corrected chi connectivity index (χ0v) is 17.1. The summed E-state index contributed by atoms with van der Waals surface area (Å²) in [6, 6.07) is -0.804. The van der Waals surface area contributed by atoms with Crippen molar-refractivity contribution >= 4 is 17.7 Å². The molecule has 0 aromatic heterocycles. The highest BCUT2D eigenvalue weighted by Crippen LogP contribution is 2.64. The summed E-state index contributed by atoms with van der Waals surface area (Å²) in [5.41, 5.74) is -1.69. The second kappa shape index (κ2) is 7.99. The summed E-state index contributed by atoms with van der Waals surface area (Å²) in [6.45, 7) is 4.43. The Hall–Kier alpha value is -1.67. The topological polar surface area (TPSA) is 108 Å². The molecule has 2 bridgehead atoms. The average molecular weight is 396 g/mol. The number of nitrogens with zero attached hydrogens (tertiary/aromatic N) is 1. The van der Waals surface area contributed by atoms with Crippen molar-refractivity contribution in [3.8, 4) is 0 Å². The Bertz CT molecular complexity index is 641. The van der Waals surface area contributed by atoms with Gasteiger partial charge in [0.25, 0.3) is 0 Å². The molecule has 3 saturated heterocycles. The Morgan fingerprint density at radius 1 is 1.25 bits per heavy atom. The monoisotopic (exact) mass is 395 g/mol. The molecule has 0 radical (unpaired) electrons. The molecule has 158 valence electrons. The lowest BCUT2D eigenvalue weighted by molar-refractivity contribution is -0.147. The lowest BCUT2D eigenvalue weighted by Crippen LogP contribution is -2.55. The van der Waals surface area contributed by atoms with E-state index in [1.165, 1.54) is 4.90 Å². The summed E-state index contributed by atoms with van der Waals surface area (Å²) in [5.74, 6) is -2.01. The highest BCUT2D eigenvalue weighted by molar-refractivity contribution is 5.99. The van der Waals surface area contributed by atoms with Gasteiger partial charge in [0.1, 0.15) is 11.6 Å². The Morgan fingerprint density at radius 3 is 2.61 bits per heavy atom. The number of likely N-dealkylation sites (tertiary alicyclic amines) is 1. The summed E-state index contributed by atoms with van der Waals surface area (Å²) >= 11 is 0. The van der Waals surface area contributed by atoms with E-state index in [0.717, 1.165) is 19.3 Å². The number of aliphatic hydroxyl groups excluding tert-OH is 1. The van der Waals surface area contributed by atoms with Gasteiger partial charge in [-0.05, 0) is 25.7 Å². The molecule has 3 aliphatic rings. The summed E-state index contributed by atoms with van der Waals surface area (Å²) in [5, 5.41) is 15.1. The van der Waals surface area contributed by atoms with Crippen LogP contribution in [0.5, 0.6) is 0 Å². The maximum atomic E-state index is 13.3. The molecule has 0 aromatic rings. The largest absolute Gasteiger partial charge is 0.395 e. The van der Waals surface area contributed by atoms with Crippen LogP contribution in [0.4, 0.5) is 0 Å². The molecule has 2 unspecified atom stereocenters. The average Bonchev–Trinajstić information content (AvgIpc) is 3.29. The lowest BCUT2D eigenvalue weighted by atomic mass is 9.65. The van der Waals surface area contributed by atoms with Gasteiger partial charge in [-0.1, -0.05) is 26.7 Å². The quantitative estimate of drug-likeness (QED) is 0.483. The van der Waals surface area contributed by atoms with E-state index in [-0.39, 0.29) is 30.9 Å². The van der Waals surface area contributed by atoms with Crippen LogP contribution in [-0.2, 0) is 19.1 Å². The van der Waals surface area contributed by atoms with Crippen LogP contribution in [0.3, 0.4) is 0 Å². The molecule has 5 atom stereocenters. The van der Waals surface area contributed by atoms with Crippen molar-refractivity contribution in [1.82, 2.24) is 15.5 Å². The van der Waals surface area contributed by atoms with E-state index in [0.29, 0.717) is 25.8 Å². The number of unbranched alkanes of at least 4 members (excludes halogenated alkanes) is 2. The summed E-state index contributed by atoms with van der Waals surface area (Å²) in [7, 11) is 1.56. The van der Waals surface area contributed by atoms with Crippen molar-refractivity contribution in [3.05, 3.63) is 0 Å². The Morgan fingerprint density at radius 2 is 2.00 bits per heavy atom. The maximum Gasteiger partial charge on any atom is 0.245 e. The van der Waals surface area contributed by atoms with Gasteiger partial charge in [-0.3, -0.25) is 14.4 Å². The molecule has 3 rings (SSSR count). The molecule has 3 heterocycles. The lowest BCUT2D eigenvalue weighted by Gasteiger charge is -2.33. The molecule has 8 heteroatoms. The van der Waals surface area contributed by atoms with E-state index in [1.807, 2.05) is 6.92 Å². The summed E-state index contributed by atoms with van der Waals surface area (Å²) in [4.78, 5) is 40.6. The fraction of sp³-hybridized carbons (Fsp3) is 0.850. The van der Waals surface area contributed by atoms with Gasteiger partial charge < -0.3 is 25.4 Å². The van der Waals surface area contributed by atoms with Gasteiger partial charge in [-0.15, -0.1) is 0 Å². The minimum atomic E-state index is -0.992. The zero-order chi connectivity index (χ0) is 20.5. The number of nitrogens with one attached hydrogen (secondary N) is 2. The van der Waals surface area contributed by atoms with Gasteiger partial charge in [-0.2, -0.15) is 0 Å². The smallest absolute Gasteiger partial charge is 0.245 e. The van der Waals surface area contributed by atoms with Gasteiger partial charge in [0, 0.05) is 20.1 Å². The van der Waals surface area contributed by atoms with Crippen molar-refractivity contribution in [1.29, 1.82) is 0 Å². The highest BCUT2D eigenvalue weighted by atomic mass is 16.5. The number of rotatable bonds is 9. The van der Waals surface area contributed by atoms with Crippen LogP contribution in [0.25, 0.3) is 0 Å². The minimum Gasteiger partial charge on any atom is -0.395 e. The second-order valence-electron chi connectivity index (χ2n) is 8.20. The molecule has 0 saturated carbocycles. The fourth-order valence-corrected chi connectivity index (χ4v) is 5.60. The second-order valence-corrected chi connectivity index (χ2v) is 8.20. The number of β-amino-alcohol motifs (C(OH)–C–C–N with tert-alkyl or cyclic N) is 1. The van der Waals surface area contributed by atoms with Gasteiger partial charge in [0.2, 0.25) is 17.7 Å². The van der Waals surface area contributed by atoms with Crippen LogP contribution in [0.2, 0.25) is 0 Å². The number of ether oxygens (including phenoxy) is 1. The molecule has 3 N–H and O–H groups in total. The fourth-order valence-electron chi connectivity index (χ4n) is 5.60. The van der Waals surface area contributed by atoms with Gasteiger partial charge >= 0.3 is 0 Å². The van der Waals surface area contributed by atoms with E-state index < -0.39 is 29.1 Å². The highest BCUT2D eigenvalue weighted by Gasteiger charge is 2.78. The SMILES string of the molecule is CCCCCNC(=O)C1N(CCO)C(=O)[C@@H]2[C@H](C(=O)NC)[C@]3(CC)CCC12O3. The third kappa shape index (κ3) is 2.92. The van der Waals surface area contributed by atoms with Crippen LogP contribution in [0.1, 0.15) is 52.4 Å². The van der Waals surface area contributed by atoms with Gasteiger partial charge in [0.05, 0.1) is 24.0 Å². The van der Waals surface area contributed by atoms with Crippen LogP contribution in [0.15, 0.2) is 0 Å². The summed E-state index contributed by atoms with van der Waals surface area (Å²) < 4.78 is 6.50. The zero-order valence-electron chi connectivity index (χ0n) is 17.1. The number of aliphatic hydroxyl groups is 1. The Kier molecular flexibility index (Phi) is 6.00. The van der Waals surface area contributed by atoms with Crippen molar-refractivity contribution < 1.29 is 24.2 Å². The van der Waals surface area contributed by atoms with E-state index in [9.17, 15) is 19.5 Å². The summed E-state index contributed by atoms with van der Waals surface area (Å²) in [6.07, 6.45) is 4.78. The number of hydrogen-bond donors (Lipinski definition) is 3. The molecule has 3 amide bonds. The minimum absolute atomic E-state index is 0.0626. The molecule has 3 aliphatic heterocycles. The standard InChI is InChI=1S/C20H33N3O5/c1-4-6-7-10-22-17(26)15-20-9-8-19(5-2,28-20)13(16(25)21-3)14(20)18(27)23(15)11-12-24/h13-15,24H,4-12H2,1-3H3,(H,21,25)(H,22,26)/t13-,14+,15?,19+,20?/m1/s1. The van der Waals surface area contributed by atoms with Crippen LogP contribution >= 0.6 is 0 Å². The number of carbonyl (C=O) groups is 3. The molecular weight excluding hydrogens is 362 g/mol. The van der Waals surface area contributed by atoms with Gasteiger partial charge in [0.15, 0.2) is 0 Å². The number of carbonyl (C=O) groups excluding carboxylic acids is 3. The predicted molar refractivity (Wildman–Crippen MR) is 102 cm³/mol. The number of fused-ring (bicyclic) bond motifs is 1. The molecule has 0 aliphatic carbocycles. The van der Waals surface area contributed by atoms with E-state index in [4.69, 9.17) is 4.74 Å². The van der Waals surface area contributed by atoms with Crippen molar-refractivity contribution in [2.45, 2.75) is 69.6 Å². The first-order valence-electron chi connectivity index (χ1n) is 10.5. The van der Waals surface area contributed by atoms with Crippen LogP contribution in [-0.4, -0.2) is 71.7 Å². The van der Waals surface area contributed by atoms with E-state index in [2.05, 4.69) is 17.6 Å². The Balaban J connectivity index is 1.94. The normalized spacial score (nSPS) is 35.9. The first-order chi connectivity index (χ1) is 13.4. The molecule has 3 fully saturated rings. The molecule has 28 heavy (non-hydrogen) atoms. The molecule has 1 spiro atoms. The van der Waals surface area contributed by atoms with E-state index >= 15 is 0 Å². The van der Waals surface area contributed by atoms with Crippen LogP contribution in [0, 0.1) is 11.8 Å². The molecule has 0 aromatic carbocycles. The Labute approximate surface area is 166 Å². The third-order valence-electron chi connectivity index (χ3n) is 6.88. The van der Waals surface area contributed by atoms with Crippen LogP contribution < -0.4 is 10.6 Å². The van der Waals surface area contributed by atoms with Crippen molar-refractivity contribution in [2.75, 3.05) is 26.7 Å². The first-order valence-corrected chi connectivity index (χ1v) is 10.5. The van der Waals surface area contributed by atoms with Crippen molar-refractivity contribution in [2.24, 2.45) is 11.8 Å². The molecule has 8 nitrogen and oxygen atoms in total. The van der Waals surface area contributed by atoms with Gasteiger partial charge in [-0.25, -0.2) is 0 Å². The van der Waals surface area contributed by atoms with Crippen molar-refractivity contribution in [3.63, 3.8) is 0 Å².